The maximum Gasteiger partial charge on any atom is 0.260 e. The van der Waals surface area contributed by atoms with Crippen molar-refractivity contribution in [3.05, 3.63) is 70.8 Å². The van der Waals surface area contributed by atoms with E-state index in [1.807, 2.05) is 24.0 Å². The van der Waals surface area contributed by atoms with Crippen LogP contribution in [0.5, 0.6) is 5.75 Å². The first-order chi connectivity index (χ1) is 21.2. The van der Waals surface area contributed by atoms with Crippen LogP contribution in [0.2, 0.25) is 5.02 Å². The highest BCUT2D eigenvalue weighted by Crippen LogP contribution is 2.31. The number of benzene rings is 1. The van der Waals surface area contributed by atoms with E-state index in [0.717, 1.165) is 50.2 Å². The average Bonchev–Trinajstić information content (AvgIpc) is 3.70. The number of rotatable bonds is 7. The molecule has 0 unspecified atom stereocenters. The van der Waals surface area contributed by atoms with Gasteiger partial charge in [0, 0.05) is 37.3 Å². The molecule has 11 nitrogen and oxygen atoms in total. The Kier molecular flexibility index (Phi) is 8.10. The molecule has 3 aromatic heterocycles. The summed E-state index contributed by atoms with van der Waals surface area (Å²) in [6.45, 7) is 6.75. The molecule has 2 fully saturated rings. The van der Waals surface area contributed by atoms with E-state index in [1.165, 1.54) is 6.20 Å². The number of aromatic nitrogens is 4. The summed E-state index contributed by atoms with van der Waals surface area (Å²) in [6.07, 6.45) is 10.0. The Labute approximate surface area is 260 Å². The Balaban J connectivity index is 1.16. The summed E-state index contributed by atoms with van der Waals surface area (Å²) in [6, 6.07) is 9.41. The number of halogens is 1. The van der Waals surface area contributed by atoms with Gasteiger partial charge in [0.15, 0.2) is 6.61 Å². The first kappa shape index (κ1) is 29.4. The zero-order chi connectivity index (χ0) is 30.8. The zero-order valence-electron chi connectivity index (χ0n) is 24.7. The third kappa shape index (κ3) is 5.90. The van der Waals surface area contributed by atoms with Gasteiger partial charge in [0.25, 0.3) is 11.8 Å². The van der Waals surface area contributed by atoms with Gasteiger partial charge in [-0.1, -0.05) is 23.7 Å². The molecule has 2 aliphatic heterocycles. The number of piperidine rings is 1. The summed E-state index contributed by atoms with van der Waals surface area (Å²) in [5.74, 6) is 0.950. The maximum atomic E-state index is 13.1. The van der Waals surface area contributed by atoms with Gasteiger partial charge >= 0.3 is 0 Å². The molecule has 1 aromatic carbocycles. The molecule has 6 rings (SSSR count). The minimum atomic E-state index is -0.384. The minimum Gasteiger partial charge on any atom is -0.482 e. The molecule has 0 bridgehead atoms. The van der Waals surface area contributed by atoms with Gasteiger partial charge < -0.3 is 19.9 Å². The van der Waals surface area contributed by atoms with Crippen LogP contribution in [-0.2, 0) is 4.79 Å². The predicted octanol–water partition coefficient (Wildman–Crippen LogP) is 4.41. The average molecular weight is 613 g/mol. The Hall–Kier alpha value is -4.69. The topological polar surface area (TPSA) is 129 Å². The number of pyridine rings is 1. The second kappa shape index (κ2) is 12.1. The van der Waals surface area contributed by atoms with E-state index in [-0.39, 0.29) is 24.0 Å². The number of carbonyl (C=O) groups excluding carboxylic acids is 2. The fourth-order valence-corrected chi connectivity index (χ4v) is 6.20. The molecule has 44 heavy (non-hydrogen) atoms. The van der Waals surface area contributed by atoms with Crippen molar-refractivity contribution in [2.45, 2.75) is 45.1 Å². The number of anilines is 1. The lowest BCUT2D eigenvalue weighted by Crippen LogP contribution is -2.53. The minimum absolute atomic E-state index is 0.0531. The summed E-state index contributed by atoms with van der Waals surface area (Å²) in [4.78, 5) is 39.0. The van der Waals surface area contributed by atoms with Gasteiger partial charge in [-0.3, -0.25) is 14.6 Å². The number of nitriles is 1. The number of aryl methyl sites for hydroxylation is 1. The third-order valence-corrected chi connectivity index (χ3v) is 8.81. The van der Waals surface area contributed by atoms with Crippen LogP contribution in [0.25, 0.3) is 16.8 Å². The molecule has 0 aliphatic carbocycles. The van der Waals surface area contributed by atoms with Crippen molar-refractivity contribution >= 4 is 34.7 Å². The molecule has 2 aliphatic rings. The van der Waals surface area contributed by atoms with Crippen molar-refractivity contribution in [1.29, 1.82) is 5.26 Å². The smallest absolute Gasteiger partial charge is 0.260 e. The molecule has 0 saturated carbocycles. The van der Waals surface area contributed by atoms with E-state index in [0.29, 0.717) is 51.8 Å². The second-order valence-corrected chi connectivity index (χ2v) is 12.0. The highest BCUT2D eigenvalue weighted by atomic mass is 35.5. The number of nitrogens with zero attached hydrogens (tertiary/aromatic N) is 7. The molecule has 2 saturated heterocycles. The molecule has 1 N–H and O–H groups in total. The zero-order valence-corrected chi connectivity index (χ0v) is 25.5. The molecule has 0 radical (unpaired) electrons. The predicted molar refractivity (Wildman–Crippen MR) is 166 cm³/mol. The van der Waals surface area contributed by atoms with Crippen LogP contribution >= 0.6 is 11.6 Å². The largest absolute Gasteiger partial charge is 0.482 e. The number of carbonyl (C=O) groups is 2. The van der Waals surface area contributed by atoms with Crippen LogP contribution < -0.4 is 15.0 Å². The third-order valence-electron chi connectivity index (χ3n) is 8.50. The molecule has 226 valence electrons. The normalized spacial score (nSPS) is 16.1. The van der Waals surface area contributed by atoms with Crippen LogP contribution in [0.4, 0.5) is 5.82 Å². The number of nitrogens with one attached hydrogen (secondary N) is 1. The monoisotopic (exact) mass is 612 g/mol. The Morgan fingerprint density at radius 1 is 1.11 bits per heavy atom. The van der Waals surface area contributed by atoms with Crippen LogP contribution in [0.1, 0.15) is 54.1 Å². The van der Waals surface area contributed by atoms with Crippen LogP contribution in [0.3, 0.4) is 0 Å². The SMILES string of the molecule is Cc1cccc(Cl)c1C(=O)NC1(C)CCN(c2cnc(-c3cc(OCC(=O)N4CCCC4)cn4ncc(C#N)c34)cn2)CC1. The number of hydrogen-bond donors (Lipinski definition) is 1. The van der Waals surface area contributed by atoms with Crippen molar-refractivity contribution in [3.63, 3.8) is 0 Å². The fourth-order valence-electron chi connectivity index (χ4n) is 5.89. The summed E-state index contributed by atoms with van der Waals surface area (Å²) < 4.78 is 7.44. The molecular weight excluding hydrogens is 580 g/mol. The Bertz CT molecular complexity index is 1730. The Morgan fingerprint density at radius 2 is 1.89 bits per heavy atom. The molecule has 2 amide bonds. The lowest BCUT2D eigenvalue weighted by Gasteiger charge is -2.40. The van der Waals surface area contributed by atoms with Gasteiger partial charge in [0.1, 0.15) is 17.6 Å². The van der Waals surface area contributed by atoms with Gasteiger partial charge in [-0.25, -0.2) is 9.50 Å². The van der Waals surface area contributed by atoms with Gasteiger partial charge in [-0.2, -0.15) is 10.4 Å². The molecule has 4 aromatic rings. The van der Waals surface area contributed by atoms with E-state index >= 15 is 0 Å². The highest BCUT2D eigenvalue weighted by molar-refractivity contribution is 6.34. The molecule has 12 heteroatoms. The maximum absolute atomic E-state index is 13.1. The fraction of sp³-hybridized carbons (Fsp3) is 0.375. The molecule has 0 atom stereocenters. The number of likely N-dealkylation sites (tertiary alicyclic amines) is 1. The van der Waals surface area contributed by atoms with E-state index < -0.39 is 0 Å². The van der Waals surface area contributed by atoms with Gasteiger partial charge in [0.05, 0.1) is 52.1 Å². The van der Waals surface area contributed by atoms with Crippen molar-refractivity contribution < 1.29 is 14.3 Å². The number of hydrogen-bond acceptors (Lipinski definition) is 8. The number of ether oxygens (including phenoxy) is 1. The van der Waals surface area contributed by atoms with Crippen molar-refractivity contribution in [2.75, 3.05) is 37.7 Å². The van der Waals surface area contributed by atoms with E-state index in [2.05, 4.69) is 28.3 Å². The van der Waals surface area contributed by atoms with Crippen LogP contribution in [0, 0.1) is 18.3 Å². The quantitative estimate of drug-likeness (QED) is 0.325. The highest BCUT2D eigenvalue weighted by Gasteiger charge is 2.33. The summed E-state index contributed by atoms with van der Waals surface area (Å²) in [5.41, 5.74) is 3.14. The van der Waals surface area contributed by atoms with E-state index in [4.69, 9.17) is 26.3 Å². The second-order valence-electron chi connectivity index (χ2n) is 11.6. The molecule has 0 spiro atoms. The van der Waals surface area contributed by atoms with Gasteiger partial charge in [0.2, 0.25) is 0 Å². The van der Waals surface area contributed by atoms with Gasteiger partial charge in [-0.05, 0) is 57.2 Å². The molecule has 5 heterocycles. The van der Waals surface area contributed by atoms with E-state index in [9.17, 15) is 14.9 Å². The van der Waals surface area contributed by atoms with Crippen molar-refractivity contribution in [1.82, 2.24) is 29.8 Å². The Morgan fingerprint density at radius 3 is 2.57 bits per heavy atom. The first-order valence-corrected chi connectivity index (χ1v) is 15.1. The van der Waals surface area contributed by atoms with E-state index in [1.54, 1.807) is 35.2 Å². The van der Waals surface area contributed by atoms with Crippen molar-refractivity contribution in [2.24, 2.45) is 0 Å². The lowest BCUT2D eigenvalue weighted by atomic mass is 9.89. The lowest BCUT2D eigenvalue weighted by molar-refractivity contribution is -0.132. The number of amides is 2. The number of fused-ring (bicyclic) bond motifs is 1. The standard InChI is InChI=1S/C32H33ClN8O3/c1-21-6-5-7-25(33)29(21)31(43)38-32(2)8-12-39(13-9-32)27-18-35-26(17-36-27)24-14-23(19-41-30(24)22(15-34)16-37-41)44-20-28(42)40-10-3-4-11-40/h5-7,14,16-19H,3-4,8-13,20H2,1-2H3,(H,38,43). The summed E-state index contributed by atoms with van der Waals surface area (Å²) >= 11 is 6.32. The first-order valence-electron chi connectivity index (χ1n) is 14.7. The van der Waals surface area contributed by atoms with Crippen LogP contribution in [-0.4, -0.2) is 74.6 Å². The van der Waals surface area contributed by atoms with Crippen molar-refractivity contribution in [3.8, 4) is 23.1 Å². The summed E-state index contributed by atoms with van der Waals surface area (Å²) in [5, 5.41) is 17.7. The molecular formula is C32H33ClN8O3. The summed E-state index contributed by atoms with van der Waals surface area (Å²) in [7, 11) is 0. The van der Waals surface area contributed by atoms with Crippen LogP contribution in [0.15, 0.2) is 49.1 Å². The van der Waals surface area contributed by atoms with Gasteiger partial charge in [-0.15, -0.1) is 0 Å².